The number of nitriles is 1. The minimum absolute atomic E-state index is 0.165. The van der Waals surface area contributed by atoms with Crippen LogP contribution in [0.3, 0.4) is 0 Å². The van der Waals surface area contributed by atoms with Crippen LogP contribution in [-0.4, -0.2) is 44.8 Å². The van der Waals surface area contributed by atoms with Gasteiger partial charge in [0.05, 0.1) is 5.56 Å². The lowest BCUT2D eigenvalue weighted by Crippen LogP contribution is -2.43. The van der Waals surface area contributed by atoms with Crippen molar-refractivity contribution < 1.29 is 13.6 Å². The lowest BCUT2D eigenvalue weighted by atomic mass is 9.86. The zero-order valence-electron chi connectivity index (χ0n) is 17.4. The highest BCUT2D eigenvalue weighted by molar-refractivity contribution is 8.16. The van der Waals surface area contributed by atoms with E-state index in [1.54, 1.807) is 27.1 Å². The van der Waals surface area contributed by atoms with Crippen molar-refractivity contribution in [2.75, 3.05) is 14.1 Å². The smallest absolute Gasteiger partial charge is 0.247 e. The van der Waals surface area contributed by atoms with E-state index in [-0.39, 0.29) is 28.0 Å². The fourth-order valence-electron chi connectivity index (χ4n) is 3.71. The number of aliphatic imine (C=N–C) groups is 1. The summed E-state index contributed by atoms with van der Waals surface area (Å²) in [5.74, 6) is -1.68. The van der Waals surface area contributed by atoms with Gasteiger partial charge in [-0.15, -0.1) is 0 Å². The number of fused-ring (bicyclic) bond motifs is 1. The highest BCUT2D eigenvalue weighted by Gasteiger charge is 2.63. The molecule has 4 rings (SSSR count). The summed E-state index contributed by atoms with van der Waals surface area (Å²) >= 11 is 1.13. The van der Waals surface area contributed by atoms with Crippen LogP contribution < -0.4 is 5.73 Å². The Kier molecular flexibility index (Phi) is 5.09. The van der Waals surface area contributed by atoms with Crippen LogP contribution in [-0.2, 0) is 10.3 Å². The molecule has 1 aliphatic heterocycles. The van der Waals surface area contributed by atoms with Crippen molar-refractivity contribution in [1.29, 1.82) is 5.26 Å². The Labute approximate surface area is 187 Å². The third-order valence-corrected chi connectivity index (χ3v) is 6.45. The number of halogens is 2. The molecule has 2 aromatic rings. The van der Waals surface area contributed by atoms with Crippen LogP contribution >= 0.6 is 11.8 Å². The van der Waals surface area contributed by atoms with E-state index in [1.165, 1.54) is 35.5 Å². The fourth-order valence-corrected chi connectivity index (χ4v) is 5.02. The van der Waals surface area contributed by atoms with Gasteiger partial charge in [0.15, 0.2) is 16.8 Å². The van der Waals surface area contributed by atoms with Crippen LogP contribution in [0.2, 0.25) is 0 Å². The van der Waals surface area contributed by atoms with Crippen molar-refractivity contribution in [3.05, 3.63) is 70.6 Å². The molecule has 0 fully saturated rings. The number of carbonyl (C=O) groups is 1. The molecule has 0 saturated carbocycles. The molecule has 2 aliphatic rings. The first kappa shape index (κ1) is 21.6. The first-order valence-corrected chi connectivity index (χ1v) is 10.3. The lowest BCUT2D eigenvalue weighted by Gasteiger charge is -2.34. The van der Waals surface area contributed by atoms with Crippen LogP contribution in [0.15, 0.2) is 47.2 Å². The van der Waals surface area contributed by atoms with Gasteiger partial charge in [0.2, 0.25) is 5.91 Å². The van der Waals surface area contributed by atoms with Crippen molar-refractivity contribution in [2.24, 2.45) is 10.7 Å². The number of amides is 1. The van der Waals surface area contributed by atoms with Crippen LogP contribution in [0, 0.1) is 17.1 Å². The number of amidine groups is 1. The Bertz CT molecular complexity index is 1260. The zero-order chi connectivity index (χ0) is 23.3. The van der Waals surface area contributed by atoms with Crippen LogP contribution in [0.1, 0.15) is 29.4 Å². The number of nitrogens with two attached hydrogens (primary N) is 1. The van der Waals surface area contributed by atoms with E-state index in [2.05, 4.69) is 15.0 Å². The van der Waals surface area contributed by atoms with Crippen molar-refractivity contribution >= 4 is 34.7 Å². The fraction of sp³-hybridized carbons (Fsp3) is 0.227. The van der Waals surface area contributed by atoms with E-state index < -0.39 is 21.9 Å². The molecule has 10 heteroatoms. The van der Waals surface area contributed by atoms with Crippen LogP contribution in [0.4, 0.5) is 8.78 Å². The van der Waals surface area contributed by atoms with Gasteiger partial charge >= 0.3 is 0 Å². The minimum Gasteiger partial charge on any atom is -0.378 e. The standard InChI is InChI=1S/C22H18F2N6OS/c1-21(17-8-22(17,19(31)30(2)3)32-20(26)29-21)14-6-12(4-5-15(14)23)7-16(24)18-27-10-13(9-25)11-28-18/h4-8,10-11H,1-3H3,(H2,26,29)/b16-7-/t21-,22+/m1/s1. The number of rotatable bonds is 4. The molecule has 0 unspecified atom stereocenters. The maximum atomic E-state index is 14.9. The summed E-state index contributed by atoms with van der Waals surface area (Å²) in [5, 5.41) is 8.97. The molecule has 0 bridgehead atoms. The first-order valence-electron chi connectivity index (χ1n) is 9.50. The SMILES string of the molecule is CN(C)C(=O)[C@]12C=C1[C@@](C)(c1cc(/C=C(\F)c3ncc(C#N)cn3)ccc1F)N=C(N)S2. The largest absolute Gasteiger partial charge is 0.378 e. The Morgan fingerprint density at radius 2 is 2.00 bits per heavy atom. The number of nitrogens with zero attached hydrogens (tertiary/aromatic N) is 5. The van der Waals surface area contributed by atoms with E-state index in [9.17, 15) is 13.6 Å². The number of aromatic nitrogens is 2. The van der Waals surface area contributed by atoms with E-state index >= 15 is 0 Å². The summed E-state index contributed by atoms with van der Waals surface area (Å²) in [5.41, 5.74) is 6.19. The molecule has 1 amide bonds. The quantitative estimate of drug-likeness (QED) is 0.715. The van der Waals surface area contributed by atoms with Crippen molar-refractivity contribution in [2.45, 2.75) is 17.2 Å². The summed E-state index contributed by atoms with van der Waals surface area (Å²) in [6.07, 6.45) is 5.34. The Morgan fingerprint density at radius 1 is 1.31 bits per heavy atom. The predicted molar refractivity (Wildman–Crippen MR) is 118 cm³/mol. The topological polar surface area (TPSA) is 108 Å². The molecular formula is C22H18F2N6OS. The number of hydrogen-bond acceptors (Lipinski definition) is 7. The molecule has 162 valence electrons. The van der Waals surface area contributed by atoms with Gasteiger partial charge in [0.25, 0.3) is 0 Å². The molecule has 0 spiro atoms. The molecule has 7 nitrogen and oxygen atoms in total. The first-order chi connectivity index (χ1) is 15.1. The van der Waals surface area contributed by atoms with Gasteiger partial charge in [-0.1, -0.05) is 23.9 Å². The normalized spacial score (nSPS) is 24.1. The molecule has 1 aromatic carbocycles. The third-order valence-electron chi connectivity index (χ3n) is 5.31. The second-order valence-electron chi connectivity index (χ2n) is 7.76. The van der Waals surface area contributed by atoms with Crippen molar-refractivity contribution in [1.82, 2.24) is 14.9 Å². The summed E-state index contributed by atoms with van der Waals surface area (Å²) in [4.78, 5) is 26.3. The van der Waals surface area contributed by atoms with Gasteiger partial charge in [0, 0.05) is 32.1 Å². The molecule has 1 aromatic heterocycles. The number of hydrogen-bond donors (Lipinski definition) is 1. The van der Waals surface area contributed by atoms with Gasteiger partial charge < -0.3 is 10.6 Å². The number of benzene rings is 1. The maximum Gasteiger partial charge on any atom is 0.247 e. The average molecular weight is 452 g/mol. The van der Waals surface area contributed by atoms with E-state index in [0.717, 1.165) is 17.8 Å². The Morgan fingerprint density at radius 3 is 2.62 bits per heavy atom. The molecule has 0 radical (unpaired) electrons. The maximum absolute atomic E-state index is 14.9. The van der Waals surface area contributed by atoms with Gasteiger partial charge in [0.1, 0.15) is 22.2 Å². The Balaban J connectivity index is 1.73. The third kappa shape index (κ3) is 3.44. The van der Waals surface area contributed by atoms with Crippen molar-refractivity contribution in [3.8, 4) is 6.07 Å². The molecule has 1 aliphatic carbocycles. The highest BCUT2D eigenvalue weighted by atomic mass is 32.2. The molecule has 0 saturated heterocycles. The summed E-state index contributed by atoms with van der Waals surface area (Å²) in [6, 6.07) is 5.95. The van der Waals surface area contributed by atoms with Gasteiger partial charge in [-0.2, -0.15) is 5.26 Å². The van der Waals surface area contributed by atoms with Gasteiger partial charge in [-0.25, -0.2) is 23.7 Å². The molecular weight excluding hydrogens is 434 g/mol. The van der Waals surface area contributed by atoms with E-state index in [0.29, 0.717) is 11.1 Å². The molecule has 32 heavy (non-hydrogen) atoms. The lowest BCUT2D eigenvalue weighted by molar-refractivity contribution is -0.128. The Hall–Kier alpha value is -3.58. The monoisotopic (exact) mass is 452 g/mol. The predicted octanol–water partition coefficient (Wildman–Crippen LogP) is 3.00. The average Bonchev–Trinajstić information content (AvgIpc) is 3.51. The number of thioether (sulfide) groups is 1. The van der Waals surface area contributed by atoms with Crippen molar-refractivity contribution in [3.63, 3.8) is 0 Å². The van der Waals surface area contributed by atoms with E-state index in [1.807, 2.05) is 6.07 Å². The summed E-state index contributed by atoms with van der Waals surface area (Å²) < 4.78 is 28.6. The molecule has 2 atom stereocenters. The summed E-state index contributed by atoms with van der Waals surface area (Å²) in [6.45, 7) is 1.68. The molecule has 2 N–H and O–H groups in total. The van der Waals surface area contributed by atoms with Gasteiger partial charge in [-0.3, -0.25) is 4.79 Å². The second kappa shape index (κ2) is 7.53. The van der Waals surface area contributed by atoms with E-state index in [4.69, 9.17) is 11.0 Å². The second-order valence-corrected chi connectivity index (χ2v) is 9.02. The summed E-state index contributed by atoms with van der Waals surface area (Å²) in [7, 11) is 3.28. The van der Waals surface area contributed by atoms with Crippen LogP contribution in [0.5, 0.6) is 0 Å². The molecule has 2 heterocycles. The van der Waals surface area contributed by atoms with Gasteiger partial charge in [-0.05, 0) is 36.3 Å². The minimum atomic E-state index is -1.21. The van der Waals surface area contributed by atoms with Crippen LogP contribution in [0.25, 0.3) is 11.9 Å². The highest BCUT2D eigenvalue weighted by Crippen LogP contribution is 2.60. The number of carbonyl (C=O) groups excluding carboxylic acids is 1. The zero-order valence-corrected chi connectivity index (χ0v) is 18.2.